The van der Waals surface area contributed by atoms with Gasteiger partial charge in [0.25, 0.3) is 0 Å². The summed E-state index contributed by atoms with van der Waals surface area (Å²) in [4.78, 5) is 18.3. The number of aromatic carboxylic acids is 1. The number of hydrogen-bond donors (Lipinski definition) is 3. The first-order chi connectivity index (χ1) is 10.1. The number of hydrogen-bond acceptors (Lipinski definition) is 3. The summed E-state index contributed by atoms with van der Waals surface area (Å²) in [6, 6.07) is 12.3. The smallest absolute Gasteiger partial charge is 0.335 e. The zero-order valence-electron chi connectivity index (χ0n) is 10.9. The summed E-state index contributed by atoms with van der Waals surface area (Å²) in [6.07, 6.45) is 0. The number of fused-ring (bicyclic) bond motifs is 1. The summed E-state index contributed by atoms with van der Waals surface area (Å²) < 4.78 is 0. The van der Waals surface area contributed by atoms with E-state index in [-0.39, 0.29) is 5.56 Å². The Morgan fingerprint density at radius 2 is 2.10 bits per heavy atom. The maximum absolute atomic E-state index is 10.9. The predicted octanol–water partition coefficient (Wildman–Crippen LogP) is 3.53. The average molecular weight is 302 g/mol. The van der Waals surface area contributed by atoms with E-state index in [0.717, 1.165) is 5.56 Å². The first kappa shape index (κ1) is 13.5. The van der Waals surface area contributed by atoms with Crippen LogP contribution in [0.3, 0.4) is 0 Å². The Morgan fingerprint density at radius 1 is 1.29 bits per heavy atom. The van der Waals surface area contributed by atoms with Crippen LogP contribution >= 0.6 is 11.6 Å². The molecule has 0 radical (unpaired) electrons. The second-order valence-corrected chi connectivity index (χ2v) is 4.97. The quantitative estimate of drug-likeness (QED) is 0.689. The van der Waals surface area contributed by atoms with Crippen molar-refractivity contribution in [3.05, 3.63) is 58.6 Å². The molecule has 0 spiro atoms. The number of carboxylic acid groups (broad SMARTS) is 1. The van der Waals surface area contributed by atoms with Gasteiger partial charge in [-0.05, 0) is 29.8 Å². The minimum absolute atomic E-state index is 0.226. The number of aromatic amines is 1. The number of benzene rings is 2. The highest BCUT2D eigenvalue weighted by atomic mass is 35.5. The van der Waals surface area contributed by atoms with Gasteiger partial charge >= 0.3 is 5.97 Å². The summed E-state index contributed by atoms with van der Waals surface area (Å²) in [7, 11) is 0. The van der Waals surface area contributed by atoms with Crippen molar-refractivity contribution in [2.24, 2.45) is 0 Å². The molecule has 21 heavy (non-hydrogen) atoms. The molecule has 106 valence electrons. The van der Waals surface area contributed by atoms with Gasteiger partial charge in [-0.15, -0.1) is 0 Å². The number of carboxylic acids is 1. The number of rotatable bonds is 4. The van der Waals surface area contributed by atoms with Gasteiger partial charge in [0.2, 0.25) is 5.95 Å². The number of H-pyrrole nitrogens is 1. The van der Waals surface area contributed by atoms with Crippen LogP contribution in [0, 0.1) is 0 Å². The van der Waals surface area contributed by atoms with Gasteiger partial charge in [-0.25, -0.2) is 9.78 Å². The molecule has 1 aromatic heterocycles. The largest absolute Gasteiger partial charge is 0.478 e. The van der Waals surface area contributed by atoms with Crippen LogP contribution in [-0.2, 0) is 6.54 Å². The van der Waals surface area contributed by atoms with E-state index in [4.69, 9.17) is 16.7 Å². The van der Waals surface area contributed by atoms with Crippen molar-refractivity contribution in [2.45, 2.75) is 6.54 Å². The van der Waals surface area contributed by atoms with Crippen molar-refractivity contribution in [2.75, 3.05) is 5.32 Å². The molecule has 2 aromatic carbocycles. The van der Waals surface area contributed by atoms with Crippen LogP contribution in [-0.4, -0.2) is 21.0 Å². The lowest BCUT2D eigenvalue weighted by atomic mass is 10.2. The fourth-order valence-electron chi connectivity index (χ4n) is 2.05. The molecule has 3 rings (SSSR count). The third-order valence-electron chi connectivity index (χ3n) is 3.13. The van der Waals surface area contributed by atoms with Gasteiger partial charge in [-0.2, -0.15) is 0 Å². The van der Waals surface area contributed by atoms with E-state index in [1.165, 1.54) is 6.07 Å². The highest BCUT2D eigenvalue weighted by molar-refractivity contribution is 6.31. The van der Waals surface area contributed by atoms with Crippen LogP contribution in [0.1, 0.15) is 15.9 Å². The Bertz CT molecular complexity index is 814. The van der Waals surface area contributed by atoms with Crippen LogP contribution < -0.4 is 5.32 Å². The van der Waals surface area contributed by atoms with E-state index in [2.05, 4.69) is 15.3 Å². The van der Waals surface area contributed by atoms with Gasteiger partial charge < -0.3 is 15.4 Å². The predicted molar refractivity (Wildman–Crippen MR) is 81.8 cm³/mol. The fraction of sp³-hybridized carbons (Fsp3) is 0.0667. The van der Waals surface area contributed by atoms with Gasteiger partial charge in [0.1, 0.15) is 0 Å². The SMILES string of the molecule is O=C(O)c1ccc2nc(NCc3ccccc3Cl)[nH]c2c1. The van der Waals surface area contributed by atoms with Crippen LogP contribution in [0.4, 0.5) is 5.95 Å². The molecule has 0 atom stereocenters. The van der Waals surface area contributed by atoms with Crippen molar-refractivity contribution in [1.29, 1.82) is 0 Å². The van der Waals surface area contributed by atoms with Crippen LogP contribution in [0.25, 0.3) is 11.0 Å². The number of carbonyl (C=O) groups is 1. The fourth-order valence-corrected chi connectivity index (χ4v) is 2.25. The van der Waals surface area contributed by atoms with Gasteiger partial charge in [0.15, 0.2) is 0 Å². The number of anilines is 1. The van der Waals surface area contributed by atoms with Crippen molar-refractivity contribution in [1.82, 2.24) is 9.97 Å². The molecule has 0 aliphatic rings. The highest BCUT2D eigenvalue weighted by Gasteiger charge is 2.07. The monoisotopic (exact) mass is 301 g/mol. The van der Waals surface area contributed by atoms with E-state index in [1.807, 2.05) is 24.3 Å². The average Bonchev–Trinajstić information content (AvgIpc) is 2.88. The van der Waals surface area contributed by atoms with Gasteiger partial charge in [-0.3, -0.25) is 0 Å². The van der Waals surface area contributed by atoms with E-state index in [9.17, 15) is 4.79 Å². The van der Waals surface area contributed by atoms with Crippen LogP contribution in [0.5, 0.6) is 0 Å². The molecule has 1 heterocycles. The van der Waals surface area contributed by atoms with Crippen molar-refractivity contribution < 1.29 is 9.90 Å². The van der Waals surface area contributed by atoms with E-state index in [1.54, 1.807) is 12.1 Å². The first-order valence-corrected chi connectivity index (χ1v) is 6.71. The minimum Gasteiger partial charge on any atom is -0.478 e. The molecule has 3 N–H and O–H groups in total. The Balaban J connectivity index is 1.82. The van der Waals surface area contributed by atoms with Crippen molar-refractivity contribution in [3.63, 3.8) is 0 Å². The van der Waals surface area contributed by atoms with Crippen molar-refractivity contribution >= 4 is 34.6 Å². The summed E-state index contributed by atoms with van der Waals surface area (Å²) in [5.74, 6) is -0.385. The summed E-state index contributed by atoms with van der Waals surface area (Å²) in [5, 5.41) is 12.8. The lowest BCUT2D eigenvalue weighted by molar-refractivity contribution is 0.0697. The Morgan fingerprint density at radius 3 is 2.86 bits per heavy atom. The molecule has 6 heteroatoms. The standard InChI is InChI=1S/C15H12ClN3O2/c16-11-4-2-1-3-10(11)8-17-15-18-12-6-5-9(14(20)21)7-13(12)19-15/h1-7H,8H2,(H,20,21)(H2,17,18,19). The summed E-state index contributed by atoms with van der Waals surface area (Å²) >= 11 is 6.09. The molecule has 0 amide bonds. The van der Waals surface area contributed by atoms with E-state index >= 15 is 0 Å². The van der Waals surface area contributed by atoms with Crippen molar-refractivity contribution in [3.8, 4) is 0 Å². The van der Waals surface area contributed by atoms with Crippen LogP contribution in [0.15, 0.2) is 42.5 Å². The molecule has 0 aliphatic carbocycles. The van der Waals surface area contributed by atoms with Gasteiger partial charge in [-0.1, -0.05) is 29.8 Å². The number of aromatic nitrogens is 2. The molecule has 0 aliphatic heterocycles. The number of nitrogens with one attached hydrogen (secondary N) is 2. The number of halogens is 1. The Labute approximate surface area is 125 Å². The molecule has 0 unspecified atom stereocenters. The normalized spacial score (nSPS) is 10.7. The van der Waals surface area contributed by atoms with Gasteiger partial charge in [0.05, 0.1) is 16.6 Å². The van der Waals surface area contributed by atoms with E-state index in [0.29, 0.717) is 28.5 Å². The highest BCUT2D eigenvalue weighted by Crippen LogP contribution is 2.19. The molecule has 5 nitrogen and oxygen atoms in total. The zero-order valence-corrected chi connectivity index (χ0v) is 11.7. The third kappa shape index (κ3) is 2.83. The Hall–Kier alpha value is -2.53. The van der Waals surface area contributed by atoms with E-state index < -0.39 is 5.97 Å². The molecule has 0 saturated heterocycles. The zero-order chi connectivity index (χ0) is 14.8. The number of nitrogens with zero attached hydrogens (tertiary/aromatic N) is 1. The lowest BCUT2D eigenvalue weighted by Gasteiger charge is -2.04. The minimum atomic E-state index is -0.961. The summed E-state index contributed by atoms with van der Waals surface area (Å²) in [5.41, 5.74) is 2.58. The molecule has 0 bridgehead atoms. The topological polar surface area (TPSA) is 78.0 Å². The Kier molecular flexibility index (Phi) is 3.50. The first-order valence-electron chi connectivity index (χ1n) is 6.34. The second-order valence-electron chi connectivity index (χ2n) is 4.57. The number of imidazole rings is 1. The second kappa shape index (κ2) is 5.46. The third-order valence-corrected chi connectivity index (χ3v) is 3.50. The van der Waals surface area contributed by atoms with Crippen LogP contribution in [0.2, 0.25) is 5.02 Å². The molecule has 0 fully saturated rings. The van der Waals surface area contributed by atoms with Gasteiger partial charge in [0, 0.05) is 11.6 Å². The maximum Gasteiger partial charge on any atom is 0.335 e. The summed E-state index contributed by atoms with van der Waals surface area (Å²) in [6.45, 7) is 0.533. The lowest BCUT2D eigenvalue weighted by Crippen LogP contribution is -2.01. The molecular weight excluding hydrogens is 290 g/mol. The maximum atomic E-state index is 10.9. The molecular formula is C15H12ClN3O2. The molecule has 0 saturated carbocycles. The molecule has 3 aromatic rings.